The molecule has 0 fully saturated rings. The summed E-state index contributed by atoms with van der Waals surface area (Å²) >= 11 is 0. The number of carbonyl (C=O) groups excluding carboxylic acids is 1. The number of Topliss-reactive ketones (excluding diaryl/α,β-unsaturated/α-hetero) is 1. The van der Waals surface area contributed by atoms with Crippen LogP contribution in [0.1, 0.15) is 11.1 Å². The minimum atomic E-state index is -5.44. The monoisotopic (exact) mass is 336 g/mol. The van der Waals surface area contributed by atoms with E-state index in [1.54, 1.807) is 13.8 Å². The summed E-state index contributed by atoms with van der Waals surface area (Å²) in [5.74, 6) is -2.61. The van der Waals surface area contributed by atoms with Gasteiger partial charge >= 0.3 is 12.4 Å². The molecule has 1 aromatic carbocycles. The number of fused-ring (bicyclic) bond motifs is 1. The Morgan fingerprint density at radius 1 is 1.04 bits per heavy atom. The van der Waals surface area contributed by atoms with Gasteiger partial charge in [0, 0.05) is 6.21 Å². The molecule has 23 heavy (non-hydrogen) atoms. The topological polar surface area (TPSA) is 41.5 Å². The molecule has 0 aliphatic carbocycles. The fourth-order valence-corrected chi connectivity index (χ4v) is 1.96. The molecule has 1 aliphatic heterocycles. The van der Waals surface area contributed by atoms with E-state index in [-0.39, 0.29) is 11.4 Å². The Kier molecular flexibility index (Phi) is 4.00. The maximum absolute atomic E-state index is 13.1. The summed E-state index contributed by atoms with van der Waals surface area (Å²) in [4.78, 5) is 14.9. The first kappa shape index (κ1) is 17.0. The third-order valence-electron chi connectivity index (χ3n) is 3.26. The SMILES string of the molecule is Cc1cc2c(cc1C)NC(C(F)(F)F)=C(C(=O)C(F)(F)F)C=N2. The Hall–Kier alpha value is -2.32. The van der Waals surface area contributed by atoms with Crippen molar-refractivity contribution in [1.29, 1.82) is 0 Å². The van der Waals surface area contributed by atoms with Crippen LogP contribution < -0.4 is 5.32 Å². The Bertz CT molecular complexity index is 728. The summed E-state index contributed by atoms with van der Waals surface area (Å²) in [7, 11) is 0. The van der Waals surface area contributed by atoms with Crippen molar-refractivity contribution in [2.75, 3.05) is 5.32 Å². The summed E-state index contributed by atoms with van der Waals surface area (Å²) in [6, 6.07) is 2.75. The third-order valence-corrected chi connectivity index (χ3v) is 3.26. The van der Waals surface area contributed by atoms with Crippen molar-refractivity contribution in [2.24, 2.45) is 4.99 Å². The van der Waals surface area contributed by atoms with Gasteiger partial charge in [-0.25, -0.2) is 0 Å². The van der Waals surface area contributed by atoms with Gasteiger partial charge in [-0.05, 0) is 37.1 Å². The second-order valence-electron chi connectivity index (χ2n) is 4.95. The quantitative estimate of drug-likeness (QED) is 0.774. The lowest BCUT2D eigenvalue weighted by Gasteiger charge is -2.17. The number of aryl methyl sites for hydroxylation is 2. The van der Waals surface area contributed by atoms with E-state index in [4.69, 9.17) is 0 Å². The molecular formula is C14H10F6N2O. The lowest BCUT2D eigenvalue weighted by molar-refractivity contribution is -0.166. The zero-order valence-electron chi connectivity index (χ0n) is 11.9. The van der Waals surface area contributed by atoms with Crippen LogP contribution >= 0.6 is 0 Å². The number of hydrogen-bond donors (Lipinski definition) is 1. The van der Waals surface area contributed by atoms with Crippen molar-refractivity contribution in [3.8, 4) is 0 Å². The molecule has 3 nitrogen and oxygen atoms in total. The van der Waals surface area contributed by atoms with Crippen molar-refractivity contribution >= 4 is 23.4 Å². The van der Waals surface area contributed by atoms with Gasteiger partial charge in [0.15, 0.2) is 0 Å². The lowest BCUT2D eigenvalue weighted by atomic mass is 10.1. The molecular weight excluding hydrogens is 326 g/mol. The minimum absolute atomic E-state index is 0.0137. The van der Waals surface area contributed by atoms with E-state index in [0.717, 1.165) is 0 Å². The number of anilines is 1. The fourth-order valence-electron chi connectivity index (χ4n) is 1.96. The molecule has 1 aromatic rings. The van der Waals surface area contributed by atoms with E-state index >= 15 is 0 Å². The third kappa shape index (κ3) is 3.38. The average Bonchev–Trinajstić information content (AvgIpc) is 2.57. The van der Waals surface area contributed by atoms with Crippen LogP contribution in [-0.2, 0) is 4.79 Å². The van der Waals surface area contributed by atoms with Crippen LogP contribution in [0.25, 0.3) is 0 Å². The molecule has 1 N–H and O–H groups in total. The molecule has 0 atom stereocenters. The highest BCUT2D eigenvalue weighted by Gasteiger charge is 2.47. The second-order valence-corrected chi connectivity index (χ2v) is 4.95. The molecule has 1 heterocycles. The number of ketones is 1. The largest absolute Gasteiger partial charge is 0.455 e. The van der Waals surface area contributed by atoms with E-state index in [1.807, 2.05) is 5.32 Å². The van der Waals surface area contributed by atoms with Crippen molar-refractivity contribution in [1.82, 2.24) is 0 Å². The maximum atomic E-state index is 13.1. The first-order valence-electron chi connectivity index (χ1n) is 6.26. The molecule has 0 unspecified atom stereocenters. The van der Waals surface area contributed by atoms with Crippen LogP contribution in [0.4, 0.5) is 37.7 Å². The molecule has 0 spiro atoms. The standard InChI is InChI=1S/C14H10F6N2O/c1-6-3-9-10(4-7(6)2)22-11(13(15,16)17)8(5-21-9)12(23)14(18,19)20/h3-5,22H,1-2H3. The van der Waals surface area contributed by atoms with Crippen molar-refractivity contribution in [3.05, 3.63) is 34.5 Å². The van der Waals surface area contributed by atoms with E-state index in [0.29, 0.717) is 17.3 Å². The van der Waals surface area contributed by atoms with Gasteiger partial charge in [0.25, 0.3) is 5.78 Å². The molecule has 9 heteroatoms. The van der Waals surface area contributed by atoms with Crippen molar-refractivity contribution < 1.29 is 31.1 Å². The van der Waals surface area contributed by atoms with E-state index in [1.165, 1.54) is 12.1 Å². The number of benzene rings is 1. The fraction of sp³-hybridized carbons (Fsp3) is 0.286. The highest BCUT2D eigenvalue weighted by molar-refractivity contribution is 6.18. The summed E-state index contributed by atoms with van der Waals surface area (Å²) in [6.07, 6.45) is -10.3. The number of nitrogens with zero attached hydrogens (tertiary/aromatic N) is 1. The van der Waals surface area contributed by atoms with Gasteiger partial charge in [-0.2, -0.15) is 26.3 Å². The molecule has 124 valence electrons. The van der Waals surface area contributed by atoms with E-state index in [2.05, 4.69) is 4.99 Å². The molecule has 0 amide bonds. The average molecular weight is 336 g/mol. The summed E-state index contributed by atoms with van der Waals surface area (Å²) in [5, 5.41) is 1.88. The molecule has 0 radical (unpaired) electrons. The van der Waals surface area contributed by atoms with Gasteiger partial charge in [-0.1, -0.05) is 0 Å². The summed E-state index contributed by atoms with van der Waals surface area (Å²) in [6.45, 7) is 3.31. The Labute approximate surface area is 126 Å². The smallest absolute Gasteiger partial charge is 0.349 e. The Morgan fingerprint density at radius 3 is 2.13 bits per heavy atom. The highest BCUT2D eigenvalue weighted by Crippen LogP contribution is 2.38. The molecule has 0 saturated carbocycles. The van der Waals surface area contributed by atoms with Crippen LogP contribution in [-0.4, -0.2) is 24.4 Å². The second kappa shape index (κ2) is 5.39. The Morgan fingerprint density at radius 2 is 1.61 bits per heavy atom. The summed E-state index contributed by atoms with van der Waals surface area (Å²) < 4.78 is 76.9. The van der Waals surface area contributed by atoms with Gasteiger partial charge in [0.05, 0.1) is 16.9 Å². The number of nitrogens with one attached hydrogen (secondary N) is 1. The van der Waals surface area contributed by atoms with Gasteiger partial charge < -0.3 is 5.32 Å². The number of allylic oxidation sites excluding steroid dienone is 2. The first-order valence-corrected chi connectivity index (χ1v) is 6.26. The van der Waals surface area contributed by atoms with E-state index in [9.17, 15) is 31.1 Å². The molecule has 1 aliphatic rings. The molecule has 2 rings (SSSR count). The molecule has 0 saturated heterocycles. The lowest BCUT2D eigenvalue weighted by Crippen LogP contribution is -2.31. The van der Waals surface area contributed by atoms with Crippen LogP contribution in [0, 0.1) is 13.8 Å². The number of halogens is 6. The normalized spacial score (nSPS) is 15.1. The Balaban J connectivity index is 2.66. The summed E-state index contributed by atoms with van der Waals surface area (Å²) in [5.41, 5.74) is -2.15. The predicted molar refractivity (Wildman–Crippen MR) is 71.8 cm³/mol. The number of carbonyl (C=O) groups is 1. The zero-order valence-corrected chi connectivity index (χ0v) is 11.9. The maximum Gasteiger partial charge on any atom is 0.455 e. The van der Waals surface area contributed by atoms with Crippen molar-refractivity contribution in [3.63, 3.8) is 0 Å². The molecule has 0 bridgehead atoms. The van der Waals surface area contributed by atoms with Gasteiger partial charge in [-0.3, -0.25) is 9.79 Å². The van der Waals surface area contributed by atoms with Crippen LogP contribution in [0.3, 0.4) is 0 Å². The number of hydrogen-bond acceptors (Lipinski definition) is 3. The predicted octanol–water partition coefficient (Wildman–Crippen LogP) is 4.38. The van der Waals surface area contributed by atoms with Gasteiger partial charge in [0.2, 0.25) is 0 Å². The van der Waals surface area contributed by atoms with Gasteiger partial charge in [0.1, 0.15) is 5.70 Å². The number of rotatable bonds is 1. The van der Waals surface area contributed by atoms with Crippen LogP contribution in [0.15, 0.2) is 28.4 Å². The number of alkyl halides is 6. The first-order chi connectivity index (χ1) is 10.4. The zero-order chi connectivity index (χ0) is 17.6. The van der Waals surface area contributed by atoms with Crippen LogP contribution in [0.5, 0.6) is 0 Å². The van der Waals surface area contributed by atoms with E-state index < -0.39 is 29.4 Å². The molecule has 0 aromatic heterocycles. The van der Waals surface area contributed by atoms with Gasteiger partial charge in [-0.15, -0.1) is 0 Å². The number of aliphatic imine (C=N–C) groups is 1. The van der Waals surface area contributed by atoms with Crippen molar-refractivity contribution in [2.45, 2.75) is 26.2 Å². The highest BCUT2D eigenvalue weighted by atomic mass is 19.4. The van der Waals surface area contributed by atoms with Crippen LogP contribution in [0.2, 0.25) is 0 Å². The minimum Gasteiger partial charge on any atom is -0.349 e.